The van der Waals surface area contributed by atoms with Gasteiger partial charge in [-0.2, -0.15) is 5.10 Å². The maximum absolute atomic E-state index is 12.9. The van der Waals surface area contributed by atoms with Crippen molar-refractivity contribution in [3.05, 3.63) is 53.3 Å². The number of methoxy groups -OCH3 is 1. The van der Waals surface area contributed by atoms with Crippen molar-refractivity contribution in [3.8, 4) is 5.75 Å². The SMILES string of the molecule is COc1ccccc1CN(CCO)C(=O)c1cnc2n[nH]c(C)c2c1. The van der Waals surface area contributed by atoms with E-state index in [-0.39, 0.29) is 19.1 Å². The molecule has 1 amide bonds. The monoisotopic (exact) mass is 340 g/mol. The van der Waals surface area contributed by atoms with Gasteiger partial charge in [0.1, 0.15) is 5.75 Å². The minimum absolute atomic E-state index is 0.124. The number of carbonyl (C=O) groups excluding carboxylic acids is 1. The van der Waals surface area contributed by atoms with Crippen molar-refractivity contribution >= 4 is 16.9 Å². The first kappa shape index (κ1) is 16.9. The number of para-hydroxylation sites is 1. The zero-order valence-corrected chi connectivity index (χ0v) is 14.2. The predicted molar refractivity (Wildman–Crippen MR) is 93.4 cm³/mol. The number of aliphatic hydroxyl groups excluding tert-OH is 1. The van der Waals surface area contributed by atoms with Crippen LogP contribution in [0.15, 0.2) is 36.5 Å². The number of carbonyl (C=O) groups is 1. The highest BCUT2D eigenvalue weighted by Crippen LogP contribution is 2.21. The molecule has 0 unspecified atom stereocenters. The molecule has 7 heteroatoms. The lowest BCUT2D eigenvalue weighted by Crippen LogP contribution is -2.33. The lowest BCUT2D eigenvalue weighted by Gasteiger charge is -2.23. The van der Waals surface area contributed by atoms with E-state index in [0.717, 1.165) is 16.6 Å². The van der Waals surface area contributed by atoms with Gasteiger partial charge in [-0.15, -0.1) is 0 Å². The lowest BCUT2D eigenvalue weighted by molar-refractivity contribution is 0.0706. The summed E-state index contributed by atoms with van der Waals surface area (Å²) in [6, 6.07) is 9.29. The Morgan fingerprint density at radius 2 is 2.16 bits per heavy atom. The molecule has 2 N–H and O–H groups in total. The van der Waals surface area contributed by atoms with Crippen LogP contribution in [0.3, 0.4) is 0 Å². The highest BCUT2D eigenvalue weighted by molar-refractivity contribution is 5.97. The van der Waals surface area contributed by atoms with E-state index < -0.39 is 0 Å². The summed E-state index contributed by atoms with van der Waals surface area (Å²) in [4.78, 5) is 18.7. The number of nitrogens with zero attached hydrogens (tertiary/aromatic N) is 3. The van der Waals surface area contributed by atoms with Crippen LogP contribution >= 0.6 is 0 Å². The molecule has 3 aromatic rings. The van der Waals surface area contributed by atoms with Crippen LogP contribution in [-0.4, -0.2) is 51.4 Å². The molecule has 0 bridgehead atoms. The summed E-state index contributed by atoms with van der Waals surface area (Å²) in [5, 5.41) is 17.1. The number of rotatable bonds is 6. The van der Waals surface area contributed by atoms with Gasteiger partial charge in [0.15, 0.2) is 5.65 Å². The number of hydrogen-bond donors (Lipinski definition) is 2. The van der Waals surface area contributed by atoms with Crippen molar-refractivity contribution in [1.29, 1.82) is 0 Å². The van der Waals surface area contributed by atoms with Gasteiger partial charge in [-0.05, 0) is 19.1 Å². The Labute approximate surface area is 145 Å². The molecule has 2 aromatic heterocycles. The lowest BCUT2D eigenvalue weighted by atomic mass is 10.1. The zero-order valence-electron chi connectivity index (χ0n) is 14.2. The van der Waals surface area contributed by atoms with Crippen LogP contribution < -0.4 is 4.74 Å². The fourth-order valence-corrected chi connectivity index (χ4v) is 2.73. The van der Waals surface area contributed by atoms with Crippen molar-refractivity contribution in [2.45, 2.75) is 13.5 Å². The Bertz CT molecular complexity index is 891. The number of ether oxygens (including phenoxy) is 1. The number of nitrogens with one attached hydrogen (secondary N) is 1. The van der Waals surface area contributed by atoms with Gasteiger partial charge in [-0.1, -0.05) is 18.2 Å². The van der Waals surface area contributed by atoms with E-state index in [2.05, 4.69) is 15.2 Å². The van der Waals surface area contributed by atoms with Crippen molar-refractivity contribution in [3.63, 3.8) is 0 Å². The molecule has 0 saturated heterocycles. The van der Waals surface area contributed by atoms with Crippen LogP contribution in [-0.2, 0) is 6.54 Å². The molecular weight excluding hydrogens is 320 g/mol. The number of pyridine rings is 1. The molecule has 25 heavy (non-hydrogen) atoms. The van der Waals surface area contributed by atoms with Gasteiger partial charge in [-0.25, -0.2) is 4.98 Å². The van der Waals surface area contributed by atoms with E-state index in [1.807, 2.05) is 31.2 Å². The topological polar surface area (TPSA) is 91.3 Å². The van der Waals surface area contributed by atoms with E-state index in [4.69, 9.17) is 4.74 Å². The van der Waals surface area contributed by atoms with Gasteiger partial charge in [-0.3, -0.25) is 9.89 Å². The Morgan fingerprint density at radius 1 is 1.36 bits per heavy atom. The summed E-state index contributed by atoms with van der Waals surface area (Å²) in [6.07, 6.45) is 1.51. The van der Waals surface area contributed by atoms with Crippen molar-refractivity contribution in [2.24, 2.45) is 0 Å². The molecule has 0 spiro atoms. The van der Waals surface area contributed by atoms with Crippen molar-refractivity contribution in [1.82, 2.24) is 20.1 Å². The number of aliphatic hydroxyl groups is 1. The third-order valence-electron chi connectivity index (χ3n) is 4.06. The van der Waals surface area contributed by atoms with Crippen LogP contribution in [0, 0.1) is 6.92 Å². The van der Waals surface area contributed by atoms with Gasteiger partial charge < -0.3 is 14.7 Å². The smallest absolute Gasteiger partial charge is 0.255 e. The third kappa shape index (κ3) is 3.46. The molecule has 0 aliphatic rings. The quantitative estimate of drug-likeness (QED) is 0.715. The first-order valence-electron chi connectivity index (χ1n) is 7.96. The van der Waals surface area contributed by atoms with Gasteiger partial charge in [0, 0.05) is 35.9 Å². The largest absolute Gasteiger partial charge is 0.496 e. The average molecular weight is 340 g/mol. The van der Waals surface area contributed by atoms with Crippen LogP contribution in [0.25, 0.3) is 11.0 Å². The molecular formula is C18H20N4O3. The number of H-pyrrole nitrogens is 1. The van der Waals surface area contributed by atoms with Crippen LogP contribution in [0.4, 0.5) is 0 Å². The fraction of sp³-hybridized carbons (Fsp3) is 0.278. The number of amides is 1. The van der Waals surface area contributed by atoms with Crippen LogP contribution in [0.1, 0.15) is 21.6 Å². The molecule has 3 rings (SSSR count). The highest BCUT2D eigenvalue weighted by atomic mass is 16.5. The molecule has 7 nitrogen and oxygen atoms in total. The van der Waals surface area contributed by atoms with Gasteiger partial charge >= 0.3 is 0 Å². The Balaban J connectivity index is 1.90. The average Bonchev–Trinajstić information content (AvgIpc) is 3.01. The molecule has 0 aliphatic carbocycles. The summed E-state index contributed by atoms with van der Waals surface area (Å²) in [7, 11) is 1.59. The molecule has 0 fully saturated rings. The number of hydrogen-bond acceptors (Lipinski definition) is 5. The number of fused-ring (bicyclic) bond motifs is 1. The van der Waals surface area contributed by atoms with E-state index in [0.29, 0.717) is 23.5 Å². The number of aryl methyl sites for hydroxylation is 1. The van der Waals surface area contributed by atoms with E-state index in [1.54, 1.807) is 18.1 Å². The Morgan fingerprint density at radius 3 is 2.92 bits per heavy atom. The Hall–Kier alpha value is -2.93. The van der Waals surface area contributed by atoms with Crippen molar-refractivity contribution < 1.29 is 14.6 Å². The second kappa shape index (κ2) is 7.31. The van der Waals surface area contributed by atoms with Gasteiger partial charge in [0.25, 0.3) is 5.91 Å². The van der Waals surface area contributed by atoms with Gasteiger partial charge in [0.2, 0.25) is 0 Å². The second-order valence-corrected chi connectivity index (χ2v) is 5.71. The summed E-state index contributed by atoms with van der Waals surface area (Å²) in [5.74, 6) is 0.507. The summed E-state index contributed by atoms with van der Waals surface area (Å²) < 4.78 is 5.35. The summed E-state index contributed by atoms with van der Waals surface area (Å²) in [5.41, 5.74) is 2.77. The van der Waals surface area contributed by atoms with Gasteiger partial charge in [0.05, 0.1) is 19.3 Å². The molecule has 2 heterocycles. The maximum atomic E-state index is 12.9. The molecule has 0 radical (unpaired) electrons. The Kier molecular flexibility index (Phi) is 4.95. The molecule has 0 aliphatic heterocycles. The molecule has 0 atom stereocenters. The molecule has 1 aromatic carbocycles. The van der Waals surface area contributed by atoms with Crippen LogP contribution in [0.2, 0.25) is 0 Å². The fourth-order valence-electron chi connectivity index (χ4n) is 2.73. The number of aromatic nitrogens is 3. The highest BCUT2D eigenvalue weighted by Gasteiger charge is 2.19. The molecule has 0 saturated carbocycles. The predicted octanol–water partition coefficient (Wildman–Crippen LogP) is 1.91. The van der Waals surface area contributed by atoms with Crippen LogP contribution in [0.5, 0.6) is 5.75 Å². The summed E-state index contributed by atoms with van der Waals surface area (Å²) in [6.45, 7) is 2.32. The second-order valence-electron chi connectivity index (χ2n) is 5.71. The minimum Gasteiger partial charge on any atom is -0.496 e. The first-order chi connectivity index (χ1) is 12.1. The van der Waals surface area contributed by atoms with Crippen molar-refractivity contribution in [2.75, 3.05) is 20.3 Å². The van der Waals surface area contributed by atoms with E-state index in [9.17, 15) is 9.90 Å². The normalized spacial score (nSPS) is 10.8. The number of aromatic amines is 1. The van der Waals surface area contributed by atoms with E-state index in [1.165, 1.54) is 6.20 Å². The zero-order chi connectivity index (χ0) is 17.8. The standard InChI is InChI=1S/C18H20N4O3/c1-12-15-9-14(10-19-17(15)21-20-12)18(24)22(7-8-23)11-13-5-3-4-6-16(13)25-2/h3-6,9-10,23H,7-8,11H2,1-2H3,(H,19,20,21). The van der Waals surface area contributed by atoms with E-state index >= 15 is 0 Å². The third-order valence-corrected chi connectivity index (χ3v) is 4.06. The number of benzene rings is 1. The molecule has 130 valence electrons. The first-order valence-corrected chi connectivity index (χ1v) is 7.96. The minimum atomic E-state index is -0.199. The maximum Gasteiger partial charge on any atom is 0.255 e. The summed E-state index contributed by atoms with van der Waals surface area (Å²) >= 11 is 0.